The standard InChI is InChI=1S/C27H29BrF3N5O/c1-14-19(5-4-6-21(14)27(29,30)31)15(2)32-25-20-11-24(22(28)12-23(20)33-16(3)34-25)36-10-9-18(13-36)35-26(37)17-7-8-17/h4-6,11-12,15,17-18H,7-10,13H2,1-3H3,(H,35,37)(H,32,33,34)/t15-,18?/m1/s1. The number of carbonyl (C=O) groups excluding carboxylic acids is 1. The highest BCUT2D eigenvalue weighted by Crippen LogP contribution is 2.38. The van der Waals surface area contributed by atoms with Crippen LogP contribution >= 0.6 is 15.9 Å². The first-order valence-corrected chi connectivity index (χ1v) is 13.3. The number of nitrogens with zero attached hydrogens (tertiary/aromatic N) is 3. The number of rotatable bonds is 6. The Morgan fingerprint density at radius 2 is 1.92 bits per heavy atom. The molecule has 5 rings (SSSR count). The third kappa shape index (κ3) is 5.39. The van der Waals surface area contributed by atoms with Crippen LogP contribution in [-0.4, -0.2) is 35.0 Å². The monoisotopic (exact) mass is 575 g/mol. The Balaban J connectivity index is 1.44. The third-order valence-electron chi connectivity index (χ3n) is 7.20. The zero-order valence-corrected chi connectivity index (χ0v) is 22.5. The van der Waals surface area contributed by atoms with Gasteiger partial charge >= 0.3 is 6.18 Å². The number of aryl methyl sites for hydroxylation is 1. The first kappa shape index (κ1) is 25.8. The number of benzene rings is 2. The molecule has 1 amide bonds. The van der Waals surface area contributed by atoms with Crippen molar-refractivity contribution in [3.63, 3.8) is 0 Å². The molecule has 0 bridgehead atoms. The Hall–Kier alpha value is -2.88. The number of aromatic nitrogens is 2. The van der Waals surface area contributed by atoms with Crippen LogP contribution in [0.4, 0.5) is 24.7 Å². The van der Waals surface area contributed by atoms with Crippen molar-refractivity contribution >= 4 is 44.2 Å². The SMILES string of the molecule is Cc1nc(N[C@H](C)c2cccc(C(F)(F)F)c2C)c2cc(N3CCC(NC(=O)C4CC4)C3)c(Br)cc2n1. The summed E-state index contributed by atoms with van der Waals surface area (Å²) < 4.78 is 41.3. The number of nitrogens with one attached hydrogen (secondary N) is 2. The molecule has 6 nitrogen and oxygen atoms in total. The minimum absolute atomic E-state index is 0.103. The van der Waals surface area contributed by atoms with E-state index in [1.807, 2.05) is 19.1 Å². The predicted octanol–water partition coefficient (Wildman–Crippen LogP) is 6.31. The van der Waals surface area contributed by atoms with Crippen LogP contribution in [0.1, 0.15) is 54.7 Å². The lowest BCUT2D eigenvalue weighted by atomic mass is 9.97. The molecular weight excluding hydrogens is 547 g/mol. The molecule has 1 saturated carbocycles. The van der Waals surface area contributed by atoms with Crippen molar-refractivity contribution in [2.24, 2.45) is 5.92 Å². The van der Waals surface area contributed by atoms with E-state index >= 15 is 0 Å². The molecule has 0 spiro atoms. The van der Waals surface area contributed by atoms with Gasteiger partial charge in [0.05, 0.1) is 22.8 Å². The minimum atomic E-state index is -4.41. The van der Waals surface area contributed by atoms with Crippen LogP contribution in [0.3, 0.4) is 0 Å². The van der Waals surface area contributed by atoms with Gasteiger partial charge in [0, 0.05) is 34.9 Å². The number of halogens is 4. The number of alkyl halides is 3. The topological polar surface area (TPSA) is 70.2 Å². The van der Waals surface area contributed by atoms with E-state index < -0.39 is 17.8 Å². The summed E-state index contributed by atoms with van der Waals surface area (Å²) in [6, 6.07) is 7.90. The van der Waals surface area contributed by atoms with Gasteiger partial charge in [-0.2, -0.15) is 13.2 Å². The summed E-state index contributed by atoms with van der Waals surface area (Å²) in [5, 5.41) is 7.29. The molecule has 1 saturated heterocycles. The smallest absolute Gasteiger partial charge is 0.368 e. The fourth-order valence-corrected chi connectivity index (χ4v) is 5.66. The van der Waals surface area contributed by atoms with Gasteiger partial charge in [0.15, 0.2) is 0 Å². The summed E-state index contributed by atoms with van der Waals surface area (Å²) >= 11 is 3.69. The maximum atomic E-state index is 13.5. The van der Waals surface area contributed by atoms with Gasteiger partial charge in [-0.25, -0.2) is 9.97 Å². The number of carbonyl (C=O) groups is 1. The van der Waals surface area contributed by atoms with Crippen LogP contribution in [0.5, 0.6) is 0 Å². The Morgan fingerprint density at radius 3 is 2.62 bits per heavy atom. The van der Waals surface area contributed by atoms with Crippen LogP contribution < -0.4 is 15.5 Å². The van der Waals surface area contributed by atoms with E-state index in [2.05, 4.69) is 41.4 Å². The maximum Gasteiger partial charge on any atom is 0.416 e. The van der Waals surface area contributed by atoms with Crippen LogP contribution in [-0.2, 0) is 11.0 Å². The first-order valence-electron chi connectivity index (χ1n) is 12.5. The quantitative estimate of drug-likeness (QED) is 0.360. The molecule has 10 heteroatoms. The summed E-state index contributed by atoms with van der Waals surface area (Å²) in [6.07, 6.45) is -1.59. The zero-order chi connectivity index (χ0) is 26.5. The van der Waals surface area contributed by atoms with Crippen LogP contribution in [0.15, 0.2) is 34.8 Å². The largest absolute Gasteiger partial charge is 0.416 e. The number of fused-ring (bicyclic) bond motifs is 1. The van der Waals surface area contributed by atoms with E-state index in [0.717, 1.165) is 52.9 Å². The van der Waals surface area contributed by atoms with Crippen molar-refractivity contribution in [3.05, 3.63) is 57.3 Å². The Kier molecular flexibility index (Phi) is 6.81. The van der Waals surface area contributed by atoms with E-state index in [1.165, 1.54) is 13.0 Å². The minimum Gasteiger partial charge on any atom is -0.368 e. The van der Waals surface area contributed by atoms with Gasteiger partial charge in [0.25, 0.3) is 0 Å². The lowest BCUT2D eigenvalue weighted by Gasteiger charge is -2.23. The second-order valence-corrected chi connectivity index (χ2v) is 10.9. The second-order valence-electron chi connectivity index (χ2n) is 10.0. The molecule has 196 valence electrons. The number of anilines is 2. The summed E-state index contributed by atoms with van der Waals surface area (Å²) in [4.78, 5) is 23.6. The molecule has 2 aromatic carbocycles. The van der Waals surface area contributed by atoms with E-state index in [0.29, 0.717) is 23.8 Å². The lowest BCUT2D eigenvalue weighted by molar-refractivity contribution is -0.138. The van der Waals surface area contributed by atoms with Crippen LogP contribution in [0.2, 0.25) is 0 Å². The van der Waals surface area contributed by atoms with Crippen molar-refractivity contribution < 1.29 is 18.0 Å². The van der Waals surface area contributed by atoms with Crippen molar-refractivity contribution in [1.82, 2.24) is 15.3 Å². The molecule has 2 fully saturated rings. The fourth-order valence-electron chi connectivity index (χ4n) is 5.08. The maximum absolute atomic E-state index is 13.5. The normalized spacial score (nSPS) is 18.8. The molecule has 2 aliphatic rings. The van der Waals surface area contributed by atoms with Crippen molar-refractivity contribution in [1.29, 1.82) is 0 Å². The zero-order valence-electron chi connectivity index (χ0n) is 20.9. The summed E-state index contributed by atoms with van der Waals surface area (Å²) in [5.74, 6) is 1.46. The average Bonchev–Trinajstić information content (AvgIpc) is 3.57. The molecular formula is C27H29BrF3N5O. The molecule has 1 aliphatic heterocycles. The molecule has 2 heterocycles. The summed E-state index contributed by atoms with van der Waals surface area (Å²) in [6.45, 7) is 6.63. The Bertz CT molecular complexity index is 1360. The average molecular weight is 576 g/mol. The Morgan fingerprint density at radius 1 is 1.16 bits per heavy atom. The summed E-state index contributed by atoms with van der Waals surface area (Å²) in [5.41, 5.74) is 1.83. The van der Waals surface area contributed by atoms with Crippen LogP contribution in [0.25, 0.3) is 10.9 Å². The van der Waals surface area contributed by atoms with Gasteiger partial charge in [0.2, 0.25) is 5.91 Å². The van der Waals surface area contributed by atoms with Crippen molar-refractivity contribution in [3.8, 4) is 0 Å². The number of hydrogen-bond donors (Lipinski definition) is 2. The molecule has 0 radical (unpaired) electrons. The molecule has 2 N–H and O–H groups in total. The lowest BCUT2D eigenvalue weighted by Crippen LogP contribution is -2.38. The Labute approximate surface area is 222 Å². The van der Waals surface area contributed by atoms with Gasteiger partial charge in [-0.1, -0.05) is 12.1 Å². The molecule has 1 aliphatic carbocycles. The second kappa shape index (κ2) is 9.78. The van der Waals surface area contributed by atoms with Gasteiger partial charge in [-0.3, -0.25) is 4.79 Å². The molecule has 2 atom stereocenters. The van der Waals surface area contributed by atoms with E-state index in [4.69, 9.17) is 0 Å². The van der Waals surface area contributed by atoms with Crippen LogP contribution in [0, 0.1) is 19.8 Å². The first-order chi connectivity index (χ1) is 17.5. The van der Waals surface area contributed by atoms with Gasteiger partial charge in [-0.05, 0) is 85.3 Å². The van der Waals surface area contributed by atoms with E-state index in [-0.39, 0.29) is 23.4 Å². The van der Waals surface area contributed by atoms with Gasteiger partial charge in [-0.15, -0.1) is 0 Å². The van der Waals surface area contributed by atoms with Crippen molar-refractivity contribution in [2.75, 3.05) is 23.3 Å². The van der Waals surface area contributed by atoms with E-state index in [1.54, 1.807) is 13.0 Å². The highest BCUT2D eigenvalue weighted by Gasteiger charge is 2.34. The summed E-state index contributed by atoms with van der Waals surface area (Å²) in [7, 11) is 0. The molecule has 37 heavy (non-hydrogen) atoms. The predicted molar refractivity (Wildman–Crippen MR) is 142 cm³/mol. The third-order valence-corrected chi connectivity index (χ3v) is 7.84. The fraction of sp³-hybridized carbons (Fsp3) is 0.444. The molecule has 1 aromatic heterocycles. The van der Waals surface area contributed by atoms with Gasteiger partial charge < -0.3 is 15.5 Å². The number of hydrogen-bond acceptors (Lipinski definition) is 5. The molecule has 3 aromatic rings. The van der Waals surface area contributed by atoms with Gasteiger partial charge in [0.1, 0.15) is 11.6 Å². The molecule has 1 unspecified atom stereocenters. The highest BCUT2D eigenvalue weighted by molar-refractivity contribution is 9.10. The van der Waals surface area contributed by atoms with Crippen molar-refractivity contribution in [2.45, 2.75) is 58.3 Å². The highest BCUT2D eigenvalue weighted by atomic mass is 79.9. The van der Waals surface area contributed by atoms with E-state index in [9.17, 15) is 18.0 Å². The number of amides is 1.